The van der Waals surface area contributed by atoms with Gasteiger partial charge in [-0.05, 0) is 59.3 Å². The van der Waals surface area contributed by atoms with E-state index in [4.69, 9.17) is 11.5 Å². The maximum Gasteiger partial charge on any atom is 0.349 e. The molecule has 10 heteroatoms. The van der Waals surface area contributed by atoms with Crippen LogP contribution in [0.25, 0.3) is 10.8 Å². The number of hydrogen-bond donors (Lipinski definition) is 5. The Balaban J connectivity index is 1.48. The Morgan fingerprint density at radius 1 is 0.903 bits per heavy atom. The van der Waals surface area contributed by atoms with Crippen molar-refractivity contribution in [2.75, 3.05) is 29.1 Å². The van der Waals surface area contributed by atoms with E-state index in [2.05, 4.69) is 26.0 Å². The summed E-state index contributed by atoms with van der Waals surface area (Å²) < 4.78 is 0.967. The van der Waals surface area contributed by atoms with Crippen LogP contribution in [0.5, 0.6) is 0 Å². The van der Waals surface area contributed by atoms with Crippen LogP contribution >= 0.6 is 0 Å². The molecule has 2 amide bonds. The minimum atomic E-state index is -0.553. The van der Waals surface area contributed by atoms with Crippen LogP contribution in [0.2, 0.25) is 0 Å². The topological polar surface area (TPSA) is 153 Å². The standard InChI is InChI=1S/C21H20N8O2/c1-24-18(30)12-3-7-16(8-4-12)25-20-27-19(23)29(28-20)21(31)26-17-9-5-13-10-15(22)6-2-14(13)11-17/h2-11H,22H2,1H3,(H,24,30)(H,26,31)(H3,23,25,27,28). The second-order valence-corrected chi connectivity index (χ2v) is 6.74. The van der Waals surface area contributed by atoms with Crippen molar-refractivity contribution in [2.24, 2.45) is 0 Å². The highest BCUT2D eigenvalue weighted by molar-refractivity contribution is 5.96. The smallest absolute Gasteiger partial charge is 0.349 e. The minimum Gasteiger partial charge on any atom is -0.399 e. The normalized spacial score (nSPS) is 10.6. The maximum absolute atomic E-state index is 12.6. The van der Waals surface area contributed by atoms with Crippen molar-refractivity contribution < 1.29 is 9.59 Å². The molecular weight excluding hydrogens is 396 g/mol. The summed E-state index contributed by atoms with van der Waals surface area (Å²) in [5.74, 6) is -0.114. The van der Waals surface area contributed by atoms with E-state index in [-0.39, 0.29) is 17.8 Å². The summed E-state index contributed by atoms with van der Waals surface area (Å²) in [6, 6.07) is 17.1. The molecule has 0 spiro atoms. The van der Waals surface area contributed by atoms with Crippen LogP contribution < -0.4 is 27.4 Å². The first-order chi connectivity index (χ1) is 14.9. The summed E-state index contributed by atoms with van der Waals surface area (Å²) in [6.45, 7) is 0. The molecule has 0 aliphatic rings. The van der Waals surface area contributed by atoms with Gasteiger partial charge in [0.15, 0.2) is 0 Å². The number of nitrogens with two attached hydrogens (primary N) is 2. The Kier molecular flexibility index (Phi) is 5.10. The van der Waals surface area contributed by atoms with E-state index in [9.17, 15) is 9.59 Å². The summed E-state index contributed by atoms with van der Waals surface area (Å²) in [6.07, 6.45) is 0. The predicted molar refractivity (Wildman–Crippen MR) is 120 cm³/mol. The van der Waals surface area contributed by atoms with Gasteiger partial charge in [0.1, 0.15) is 0 Å². The van der Waals surface area contributed by atoms with Gasteiger partial charge in [-0.3, -0.25) is 4.79 Å². The van der Waals surface area contributed by atoms with E-state index in [0.29, 0.717) is 22.6 Å². The highest BCUT2D eigenvalue weighted by atomic mass is 16.2. The average molecular weight is 416 g/mol. The van der Waals surface area contributed by atoms with E-state index < -0.39 is 6.03 Å². The van der Waals surface area contributed by atoms with Gasteiger partial charge in [0.25, 0.3) is 5.91 Å². The number of rotatable bonds is 4. The number of carbonyl (C=O) groups excluding carboxylic acids is 2. The summed E-state index contributed by atoms with van der Waals surface area (Å²) in [4.78, 5) is 28.3. The van der Waals surface area contributed by atoms with E-state index in [0.717, 1.165) is 15.5 Å². The molecule has 3 aromatic carbocycles. The van der Waals surface area contributed by atoms with E-state index in [1.807, 2.05) is 24.3 Å². The lowest BCUT2D eigenvalue weighted by atomic mass is 10.1. The van der Waals surface area contributed by atoms with Gasteiger partial charge in [-0.2, -0.15) is 4.98 Å². The van der Waals surface area contributed by atoms with Crippen LogP contribution in [0, 0.1) is 0 Å². The molecule has 0 aliphatic carbocycles. The van der Waals surface area contributed by atoms with Crippen LogP contribution in [0.3, 0.4) is 0 Å². The monoisotopic (exact) mass is 416 g/mol. The molecular formula is C21H20N8O2. The maximum atomic E-state index is 12.6. The number of nitrogen functional groups attached to an aromatic ring is 2. The van der Waals surface area contributed by atoms with Crippen molar-refractivity contribution in [1.82, 2.24) is 20.1 Å². The van der Waals surface area contributed by atoms with E-state index >= 15 is 0 Å². The Bertz CT molecular complexity index is 1280. The van der Waals surface area contributed by atoms with Gasteiger partial charge in [-0.25, -0.2) is 4.79 Å². The number of fused-ring (bicyclic) bond motifs is 1. The lowest BCUT2D eigenvalue weighted by Crippen LogP contribution is -2.22. The highest BCUT2D eigenvalue weighted by Gasteiger charge is 2.15. The van der Waals surface area contributed by atoms with Crippen molar-refractivity contribution in [1.29, 1.82) is 0 Å². The lowest BCUT2D eigenvalue weighted by Gasteiger charge is -2.07. The highest BCUT2D eigenvalue weighted by Crippen LogP contribution is 2.22. The molecule has 0 unspecified atom stereocenters. The van der Waals surface area contributed by atoms with Crippen molar-refractivity contribution in [3.63, 3.8) is 0 Å². The first-order valence-electron chi connectivity index (χ1n) is 9.35. The number of carbonyl (C=O) groups is 2. The number of amides is 2. The zero-order valence-electron chi connectivity index (χ0n) is 16.6. The van der Waals surface area contributed by atoms with Crippen molar-refractivity contribution in [2.45, 2.75) is 0 Å². The second-order valence-electron chi connectivity index (χ2n) is 6.74. The third kappa shape index (κ3) is 4.22. The van der Waals surface area contributed by atoms with Crippen LogP contribution in [0.4, 0.5) is 33.8 Å². The molecule has 0 aliphatic heterocycles. The molecule has 0 fully saturated rings. The largest absolute Gasteiger partial charge is 0.399 e. The SMILES string of the molecule is CNC(=O)c1ccc(Nc2nc(N)n(C(=O)Nc3ccc4cc(N)ccc4c3)n2)cc1. The van der Waals surface area contributed by atoms with Crippen molar-refractivity contribution >= 4 is 51.7 Å². The molecule has 1 aromatic heterocycles. The van der Waals surface area contributed by atoms with Crippen molar-refractivity contribution in [3.05, 3.63) is 66.2 Å². The van der Waals surface area contributed by atoms with Gasteiger partial charge < -0.3 is 27.4 Å². The van der Waals surface area contributed by atoms with Gasteiger partial charge in [-0.1, -0.05) is 12.1 Å². The third-order valence-corrected chi connectivity index (χ3v) is 4.57. The minimum absolute atomic E-state index is 0.0736. The third-order valence-electron chi connectivity index (χ3n) is 4.57. The molecule has 4 aromatic rings. The second kappa shape index (κ2) is 8.03. The first-order valence-corrected chi connectivity index (χ1v) is 9.35. The lowest BCUT2D eigenvalue weighted by molar-refractivity contribution is 0.0963. The fourth-order valence-corrected chi connectivity index (χ4v) is 3.02. The fourth-order valence-electron chi connectivity index (χ4n) is 3.02. The van der Waals surface area contributed by atoms with E-state index in [1.54, 1.807) is 43.4 Å². The van der Waals surface area contributed by atoms with Crippen LogP contribution in [0.15, 0.2) is 60.7 Å². The number of hydrogen-bond acceptors (Lipinski definition) is 7. The zero-order chi connectivity index (χ0) is 22.0. The Morgan fingerprint density at radius 3 is 2.32 bits per heavy atom. The quantitative estimate of drug-likeness (QED) is 0.321. The fraction of sp³-hybridized carbons (Fsp3) is 0.0476. The molecule has 7 N–H and O–H groups in total. The number of nitrogens with zero attached hydrogens (tertiary/aromatic N) is 3. The van der Waals surface area contributed by atoms with Crippen molar-refractivity contribution in [3.8, 4) is 0 Å². The summed E-state index contributed by atoms with van der Waals surface area (Å²) in [7, 11) is 1.56. The van der Waals surface area contributed by atoms with Crippen LogP contribution in [-0.2, 0) is 0 Å². The van der Waals surface area contributed by atoms with Crippen LogP contribution in [-0.4, -0.2) is 33.8 Å². The molecule has 0 bridgehead atoms. The summed E-state index contributed by atoms with van der Waals surface area (Å²) in [5.41, 5.74) is 14.1. The number of benzene rings is 3. The summed E-state index contributed by atoms with van der Waals surface area (Å²) in [5, 5.41) is 14.3. The Hall–Kier alpha value is -4.60. The van der Waals surface area contributed by atoms with Gasteiger partial charge >= 0.3 is 6.03 Å². The van der Waals surface area contributed by atoms with E-state index in [1.165, 1.54) is 0 Å². The van der Waals surface area contributed by atoms with Gasteiger partial charge in [-0.15, -0.1) is 9.78 Å². The number of nitrogens with one attached hydrogen (secondary N) is 3. The Labute approximate surface area is 177 Å². The molecule has 31 heavy (non-hydrogen) atoms. The average Bonchev–Trinajstić information content (AvgIpc) is 3.14. The van der Waals surface area contributed by atoms with Gasteiger partial charge in [0, 0.05) is 29.7 Å². The van der Waals surface area contributed by atoms with Gasteiger partial charge in [0.2, 0.25) is 11.9 Å². The number of anilines is 5. The molecule has 156 valence electrons. The predicted octanol–water partition coefficient (Wildman–Crippen LogP) is 2.78. The molecule has 1 heterocycles. The molecule has 4 rings (SSSR count). The molecule has 0 saturated carbocycles. The van der Waals surface area contributed by atoms with Gasteiger partial charge in [0.05, 0.1) is 0 Å². The van der Waals surface area contributed by atoms with Crippen LogP contribution in [0.1, 0.15) is 10.4 Å². The number of aromatic nitrogens is 3. The summed E-state index contributed by atoms with van der Waals surface area (Å²) >= 11 is 0. The Morgan fingerprint density at radius 2 is 1.58 bits per heavy atom. The molecule has 0 atom stereocenters. The zero-order valence-corrected chi connectivity index (χ0v) is 16.6. The molecule has 10 nitrogen and oxygen atoms in total. The first kappa shape index (κ1) is 19.7. The molecule has 0 radical (unpaired) electrons. The molecule has 0 saturated heterocycles.